The Hall–Kier alpha value is -1.63. The van der Waals surface area contributed by atoms with Gasteiger partial charge in [-0.25, -0.2) is 0 Å². The standard InChI is InChI=1S/C10H20N4O3/c1-12-6-5-9(16)14-7(10(17)13-2)3-4-8(11)15/h7,12H,3-6H2,1-2H3,(H2,11,15)(H,13,17)(H,14,16). The minimum Gasteiger partial charge on any atom is -0.370 e. The fourth-order valence-electron chi connectivity index (χ4n) is 1.23. The molecular weight excluding hydrogens is 224 g/mol. The molecule has 0 aliphatic carbocycles. The lowest BCUT2D eigenvalue weighted by atomic mass is 10.1. The second-order valence-electron chi connectivity index (χ2n) is 3.59. The summed E-state index contributed by atoms with van der Waals surface area (Å²) in [6, 6.07) is -0.711. The maximum absolute atomic E-state index is 11.4. The average Bonchev–Trinajstić information content (AvgIpc) is 2.30. The van der Waals surface area contributed by atoms with Crippen LogP contribution < -0.4 is 21.7 Å². The van der Waals surface area contributed by atoms with E-state index in [1.54, 1.807) is 7.05 Å². The molecule has 0 aliphatic heterocycles. The van der Waals surface area contributed by atoms with Crippen molar-refractivity contribution < 1.29 is 14.4 Å². The first-order chi connectivity index (χ1) is 8.01. The lowest BCUT2D eigenvalue weighted by Crippen LogP contribution is -2.46. The van der Waals surface area contributed by atoms with Crippen LogP contribution in [0.25, 0.3) is 0 Å². The Bertz CT molecular complexity index is 281. The second-order valence-corrected chi connectivity index (χ2v) is 3.59. The highest BCUT2D eigenvalue weighted by atomic mass is 16.2. The van der Waals surface area contributed by atoms with Gasteiger partial charge in [0.25, 0.3) is 0 Å². The number of carbonyl (C=O) groups excluding carboxylic acids is 3. The molecule has 1 atom stereocenters. The molecule has 0 bridgehead atoms. The number of hydrogen-bond donors (Lipinski definition) is 4. The molecule has 98 valence electrons. The Morgan fingerprint density at radius 2 is 1.82 bits per heavy atom. The van der Waals surface area contributed by atoms with Crippen molar-refractivity contribution in [3.63, 3.8) is 0 Å². The van der Waals surface area contributed by atoms with E-state index in [4.69, 9.17) is 5.73 Å². The highest BCUT2D eigenvalue weighted by Crippen LogP contribution is 1.98. The van der Waals surface area contributed by atoms with E-state index >= 15 is 0 Å². The lowest BCUT2D eigenvalue weighted by molar-refractivity contribution is -0.129. The smallest absolute Gasteiger partial charge is 0.242 e. The number of nitrogens with two attached hydrogens (primary N) is 1. The molecule has 0 radical (unpaired) electrons. The van der Waals surface area contributed by atoms with E-state index in [0.29, 0.717) is 6.54 Å². The largest absolute Gasteiger partial charge is 0.370 e. The number of hydrogen-bond acceptors (Lipinski definition) is 4. The van der Waals surface area contributed by atoms with Gasteiger partial charge in [0.05, 0.1) is 0 Å². The van der Waals surface area contributed by atoms with Crippen molar-refractivity contribution in [3.8, 4) is 0 Å². The predicted molar refractivity (Wildman–Crippen MR) is 63.0 cm³/mol. The molecule has 0 saturated heterocycles. The van der Waals surface area contributed by atoms with Crippen molar-refractivity contribution in [2.75, 3.05) is 20.6 Å². The first-order valence-corrected chi connectivity index (χ1v) is 5.45. The molecule has 5 N–H and O–H groups in total. The monoisotopic (exact) mass is 244 g/mol. The summed E-state index contributed by atoms with van der Waals surface area (Å²) in [5.41, 5.74) is 5.00. The van der Waals surface area contributed by atoms with Crippen LogP contribution in [0.2, 0.25) is 0 Å². The number of amides is 3. The number of nitrogens with one attached hydrogen (secondary N) is 3. The summed E-state index contributed by atoms with van der Waals surface area (Å²) >= 11 is 0. The van der Waals surface area contributed by atoms with Crippen LogP contribution in [0.15, 0.2) is 0 Å². The zero-order chi connectivity index (χ0) is 13.3. The maximum Gasteiger partial charge on any atom is 0.242 e. The van der Waals surface area contributed by atoms with Crippen LogP contribution in [-0.4, -0.2) is 44.4 Å². The molecule has 0 aromatic heterocycles. The molecule has 7 heteroatoms. The minimum absolute atomic E-state index is 0.0599. The molecule has 17 heavy (non-hydrogen) atoms. The molecule has 3 amide bonds. The van der Waals surface area contributed by atoms with Crippen molar-refractivity contribution >= 4 is 17.7 Å². The number of primary amides is 1. The summed E-state index contributed by atoms with van der Waals surface area (Å²) in [6.45, 7) is 0.530. The third-order valence-corrected chi connectivity index (χ3v) is 2.18. The van der Waals surface area contributed by atoms with Crippen LogP contribution >= 0.6 is 0 Å². The Balaban J connectivity index is 4.22. The second kappa shape index (κ2) is 8.51. The van der Waals surface area contributed by atoms with Gasteiger partial charge in [-0.05, 0) is 13.5 Å². The number of likely N-dealkylation sites (N-methyl/N-ethyl adjacent to an activating group) is 1. The first kappa shape index (κ1) is 15.4. The van der Waals surface area contributed by atoms with Gasteiger partial charge in [0.15, 0.2) is 0 Å². The Morgan fingerprint density at radius 3 is 2.29 bits per heavy atom. The zero-order valence-corrected chi connectivity index (χ0v) is 10.2. The van der Waals surface area contributed by atoms with Gasteiger partial charge < -0.3 is 21.7 Å². The van der Waals surface area contributed by atoms with Gasteiger partial charge in [0.1, 0.15) is 6.04 Å². The van der Waals surface area contributed by atoms with E-state index in [1.165, 1.54) is 7.05 Å². The quantitative estimate of drug-likeness (QED) is 0.399. The van der Waals surface area contributed by atoms with E-state index in [2.05, 4.69) is 16.0 Å². The van der Waals surface area contributed by atoms with E-state index in [0.717, 1.165) is 0 Å². The van der Waals surface area contributed by atoms with Crippen molar-refractivity contribution in [1.82, 2.24) is 16.0 Å². The van der Waals surface area contributed by atoms with Gasteiger partial charge in [0, 0.05) is 26.4 Å². The number of rotatable bonds is 8. The number of carbonyl (C=O) groups is 3. The SMILES string of the molecule is CNCCC(=O)NC(CCC(N)=O)C(=O)NC. The van der Waals surface area contributed by atoms with E-state index in [-0.39, 0.29) is 31.1 Å². The van der Waals surface area contributed by atoms with Crippen LogP contribution in [0, 0.1) is 0 Å². The molecule has 0 saturated carbocycles. The van der Waals surface area contributed by atoms with Gasteiger partial charge >= 0.3 is 0 Å². The highest BCUT2D eigenvalue weighted by molar-refractivity contribution is 5.88. The topological polar surface area (TPSA) is 113 Å². The van der Waals surface area contributed by atoms with Crippen LogP contribution in [0.4, 0.5) is 0 Å². The molecule has 0 rings (SSSR count). The molecule has 0 heterocycles. The average molecular weight is 244 g/mol. The summed E-state index contributed by atoms with van der Waals surface area (Å²) in [7, 11) is 3.20. The van der Waals surface area contributed by atoms with Crippen molar-refractivity contribution in [2.45, 2.75) is 25.3 Å². The van der Waals surface area contributed by atoms with E-state index in [9.17, 15) is 14.4 Å². The van der Waals surface area contributed by atoms with Crippen LogP contribution in [0.1, 0.15) is 19.3 Å². The Labute approximate surface area is 100 Å². The summed E-state index contributed by atoms with van der Waals surface area (Å²) in [6.07, 6.45) is 0.547. The molecule has 0 spiro atoms. The lowest BCUT2D eigenvalue weighted by Gasteiger charge is -2.16. The molecule has 0 fully saturated rings. The fraction of sp³-hybridized carbons (Fsp3) is 0.700. The van der Waals surface area contributed by atoms with Gasteiger partial charge in [0.2, 0.25) is 17.7 Å². The molecule has 0 aliphatic rings. The minimum atomic E-state index is -0.711. The van der Waals surface area contributed by atoms with Gasteiger partial charge in [-0.1, -0.05) is 0 Å². The normalized spacial score (nSPS) is 11.6. The van der Waals surface area contributed by atoms with E-state index in [1.807, 2.05) is 0 Å². The van der Waals surface area contributed by atoms with Crippen molar-refractivity contribution in [3.05, 3.63) is 0 Å². The van der Waals surface area contributed by atoms with Crippen LogP contribution in [0.5, 0.6) is 0 Å². The van der Waals surface area contributed by atoms with E-state index < -0.39 is 11.9 Å². The third-order valence-electron chi connectivity index (χ3n) is 2.18. The van der Waals surface area contributed by atoms with Gasteiger partial charge in [-0.3, -0.25) is 14.4 Å². The maximum atomic E-state index is 11.4. The van der Waals surface area contributed by atoms with Gasteiger partial charge in [-0.2, -0.15) is 0 Å². The van der Waals surface area contributed by atoms with Gasteiger partial charge in [-0.15, -0.1) is 0 Å². The first-order valence-electron chi connectivity index (χ1n) is 5.45. The third kappa shape index (κ3) is 7.29. The Kier molecular flexibility index (Phi) is 7.70. The fourth-order valence-corrected chi connectivity index (χ4v) is 1.23. The summed E-state index contributed by atoms with van der Waals surface area (Å²) < 4.78 is 0. The molecule has 0 aromatic rings. The van der Waals surface area contributed by atoms with Crippen LogP contribution in [0.3, 0.4) is 0 Å². The van der Waals surface area contributed by atoms with Crippen molar-refractivity contribution in [2.24, 2.45) is 5.73 Å². The van der Waals surface area contributed by atoms with Crippen molar-refractivity contribution in [1.29, 1.82) is 0 Å². The molecular formula is C10H20N4O3. The molecule has 7 nitrogen and oxygen atoms in total. The summed E-state index contributed by atoms with van der Waals surface area (Å²) in [5, 5.41) is 7.82. The molecule has 0 aromatic carbocycles. The molecule has 1 unspecified atom stereocenters. The van der Waals surface area contributed by atoms with Crippen LogP contribution in [-0.2, 0) is 14.4 Å². The zero-order valence-electron chi connectivity index (χ0n) is 10.2. The predicted octanol–water partition coefficient (Wildman–Crippen LogP) is -1.91. The highest BCUT2D eigenvalue weighted by Gasteiger charge is 2.19. The summed E-state index contributed by atoms with van der Waals surface area (Å²) in [4.78, 5) is 33.5. The summed E-state index contributed by atoms with van der Waals surface area (Å²) in [5.74, 6) is -1.06. The Morgan fingerprint density at radius 1 is 1.18 bits per heavy atom.